The Morgan fingerprint density at radius 1 is 0.786 bits per heavy atom. The van der Waals surface area contributed by atoms with E-state index in [1.807, 2.05) is 30.3 Å². The molecule has 0 heterocycles. The highest BCUT2D eigenvalue weighted by atomic mass is 35.5. The molecule has 4 rings (SSSR count). The van der Waals surface area contributed by atoms with Gasteiger partial charge in [0.15, 0.2) is 0 Å². The molecule has 0 aliphatic carbocycles. The van der Waals surface area contributed by atoms with E-state index in [4.69, 9.17) is 27.9 Å². The molecular weight excluding hydrogens is 592 g/mol. The summed E-state index contributed by atoms with van der Waals surface area (Å²) in [6.07, 6.45) is -4.33. The van der Waals surface area contributed by atoms with Crippen LogP contribution in [0.3, 0.4) is 0 Å². The number of para-hydroxylation sites is 2. The second kappa shape index (κ2) is 14.0. The fraction of sp³-hybridized carbons (Fsp3) is 0.133. The Hall–Kier alpha value is -4.41. The monoisotopic (exact) mass is 616 g/mol. The maximum Gasteiger partial charge on any atom is 0.418 e. The van der Waals surface area contributed by atoms with Crippen molar-refractivity contribution < 1.29 is 27.5 Å². The quantitative estimate of drug-likeness (QED) is 0.164. The lowest BCUT2D eigenvalue weighted by Gasteiger charge is -2.24. The first-order chi connectivity index (χ1) is 20.1. The normalized spacial score (nSPS) is 11.0. The number of anilines is 3. The number of ether oxygens (including phenoxy) is 1. The zero-order chi connectivity index (χ0) is 30.1. The number of hydrogen-bond acceptors (Lipinski definition) is 3. The summed E-state index contributed by atoms with van der Waals surface area (Å²) in [6.45, 7) is 0.233. The topological polar surface area (TPSA) is 82.7 Å². The molecule has 0 fully saturated rings. The van der Waals surface area contributed by atoms with Crippen LogP contribution < -0.4 is 25.6 Å². The molecule has 7 nitrogen and oxygen atoms in total. The summed E-state index contributed by atoms with van der Waals surface area (Å²) in [7, 11) is 0. The number of urea groups is 2. The number of hydrogen-bond donors (Lipinski definition) is 3. The van der Waals surface area contributed by atoms with Crippen molar-refractivity contribution in [3.8, 4) is 11.5 Å². The molecule has 0 aliphatic heterocycles. The van der Waals surface area contributed by atoms with Crippen molar-refractivity contribution in [1.29, 1.82) is 0 Å². The summed E-state index contributed by atoms with van der Waals surface area (Å²) >= 11 is 12.1. The molecule has 4 aromatic carbocycles. The predicted octanol–water partition coefficient (Wildman–Crippen LogP) is 9.05. The van der Waals surface area contributed by atoms with Gasteiger partial charge in [0.2, 0.25) is 0 Å². The average molecular weight is 617 g/mol. The van der Waals surface area contributed by atoms with Crippen LogP contribution >= 0.6 is 23.2 Å². The molecule has 4 aromatic rings. The Labute approximate surface area is 250 Å². The fourth-order valence-corrected chi connectivity index (χ4v) is 4.17. The third-order valence-electron chi connectivity index (χ3n) is 5.87. The van der Waals surface area contributed by atoms with Crippen LogP contribution in [0.25, 0.3) is 0 Å². The van der Waals surface area contributed by atoms with Gasteiger partial charge in [0.1, 0.15) is 11.5 Å². The SMILES string of the molecule is O=C(NCCCN(C(=O)Nc1ccc(Cl)c(Cl)c1)c1ccc(Oc2ccccc2)cc1)Nc1ccccc1C(F)(F)F. The van der Waals surface area contributed by atoms with Gasteiger partial charge in [0.05, 0.1) is 21.3 Å². The van der Waals surface area contributed by atoms with Crippen molar-refractivity contribution in [2.45, 2.75) is 12.6 Å². The van der Waals surface area contributed by atoms with Crippen LogP contribution in [0.5, 0.6) is 11.5 Å². The number of amides is 4. The zero-order valence-electron chi connectivity index (χ0n) is 21.9. The highest BCUT2D eigenvalue weighted by Gasteiger charge is 2.33. The van der Waals surface area contributed by atoms with E-state index in [1.165, 1.54) is 29.2 Å². The zero-order valence-corrected chi connectivity index (χ0v) is 23.4. The smallest absolute Gasteiger partial charge is 0.418 e. The third-order valence-corrected chi connectivity index (χ3v) is 6.61. The fourth-order valence-electron chi connectivity index (χ4n) is 3.88. The number of nitrogens with zero attached hydrogens (tertiary/aromatic N) is 1. The van der Waals surface area contributed by atoms with Crippen LogP contribution in [0.4, 0.5) is 39.8 Å². The standard InChI is InChI=1S/C30H25Cl2F3N4O3/c31-25-16-11-20(19-26(25)32)37-29(41)39(21-12-14-23(15-13-21)42-22-7-2-1-3-8-22)18-6-17-36-28(40)38-27-10-5-4-9-24(27)30(33,34)35/h1-5,7-16,19H,6,17-18H2,(H,37,41)(H2,36,38,40). The first-order valence-electron chi connectivity index (χ1n) is 12.7. The van der Waals surface area contributed by atoms with Crippen LogP contribution in [0, 0.1) is 0 Å². The van der Waals surface area contributed by atoms with Gasteiger partial charge >= 0.3 is 18.2 Å². The Bertz CT molecular complexity index is 1520. The molecule has 0 aliphatic rings. The largest absolute Gasteiger partial charge is 0.457 e. The minimum atomic E-state index is -4.62. The van der Waals surface area contributed by atoms with E-state index >= 15 is 0 Å². The van der Waals surface area contributed by atoms with Gasteiger partial charge in [-0.25, -0.2) is 9.59 Å². The van der Waals surface area contributed by atoms with Crippen LogP contribution in [0.15, 0.2) is 97.1 Å². The number of carbonyl (C=O) groups excluding carboxylic acids is 2. The Morgan fingerprint density at radius 3 is 2.14 bits per heavy atom. The average Bonchev–Trinajstić information content (AvgIpc) is 2.96. The Morgan fingerprint density at radius 2 is 1.45 bits per heavy atom. The van der Waals surface area contributed by atoms with Gasteiger partial charge in [0.25, 0.3) is 0 Å². The number of benzene rings is 4. The number of alkyl halides is 3. The number of carbonyl (C=O) groups is 2. The van der Waals surface area contributed by atoms with E-state index in [0.29, 0.717) is 27.9 Å². The first kappa shape index (κ1) is 30.5. The predicted molar refractivity (Wildman–Crippen MR) is 159 cm³/mol. The van der Waals surface area contributed by atoms with Crippen LogP contribution in [-0.4, -0.2) is 25.2 Å². The van der Waals surface area contributed by atoms with Gasteiger partial charge in [-0.05, 0) is 73.2 Å². The molecule has 218 valence electrons. The third kappa shape index (κ3) is 8.55. The molecule has 0 spiro atoms. The van der Waals surface area contributed by atoms with Crippen molar-refractivity contribution in [2.75, 3.05) is 28.6 Å². The van der Waals surface area contributed by atoms with Crippen molar-refractivity contribution in [1.82, 2.24) is 5.32 Å². The van der Waals surface area contributed by atoms with Gasteiger partial charge in [-0.2, -0.15) is 13.2 Å². The Balaban J connectivity index is 1.41. The molecule has 12 heteroatoms. The molecule has 0 saturated heterocycles. The summed E-state index contributed by atoms with van der Waals surface area (Å²) in [6, 6.07) is 24.1. The second-order valence-electron chi connectivity index (χ2n) is 8.90. The van der Waals surface area contributed by atoms with Crippen LogP contribution in [-0.2, 0) is 6.18 Å². The Kier molecular flexibility index (Phi) is 10.2. The second-order valence-corrected chi connectivity index (χ2v) is 9.71. The van der Waals surface area contributed by atoms with E-state index in [-0.39, 0.29) is 30.2 Å². The van der Waals surface area contributed by atoms with E-state index in [0.717, 1.165) is 6.07 Å². The van der Waals surface area contributed by atoms with Crippen LogP contribution in [0.2, 0.25) is 10.0 Å². The maximum absolute atomic E-state index is 13.3. The highest BCUT2D eigenvalue weighted by Crippen LogP contribution is 2.34. The van der Waals surface area contributed by atoms with E-state index < -0.39 is 23.8 Å². The number of halogens is 5. The summed E-state index contributed by atoms with van der Waals surface area (Å²) in [5.41, 5.74) is -0.353. The number of nitrogens with one attached hydrogen (secondary N) is 3. The molecule has 3 N–H and O–H groups in total. The van der Waals surface area contributed by atoms with Gasteiger partial charge in [0, 0.05) is 24.5 Å². The molecule has 0 unspecified atom stereocenters. The van der Waals surface area contributed by atoms with Crippen molar-refractivity contribution >= 4 is 52.3 Å². The van der Waals surface area contributed by atoms with Gasteiger partial charge < -0.3 is 20.7 Å². The summed E-state index contributed by atoms with van der Waals surface area (Å²) in [5, 5.41) is 8.13. The lowest BCUT2D eigenvalue weighted by Crippen LogP contribution is -2.38. The van der Waals surface area contributed by atoms with Crippen molar-refractivity contribution in [3.05, 3.63) is 113 Å². The summed E-state index contributed by atoms with van der Waals surface area (Å²) in [4.78, 5) is 27.0. The van der Waals surface area contributed by atoms with E-state index in [2.05, 4.69) is 16.0 Å². The lowest BCUT2D eigenvalue weighted by atomic mass is 10.1. The minimum absolute atomic E-state index is 0.0752. The van der Waals surface area contributed by atoms with Gasteiger partial charge in [-0.1, -0.05) is 53.5 Å². The van der Waals surface area contributed by atoms with Crippen molar-refractivity contribution in [2.24, 2.45) is 0 Å². The molecule has 42 heavy (non-hydrogen) atoms. The number of rotatable bonds is 9. The highest BCUT2D eigenvalue weighted by molar-refractivity contribution is 6.42. The summed E-state index contributed by atoms with van der Waals surface area (Å²) < 4.78 is 45.5. The first-order valence-corrected chi connectivity index (χ1v) is 13.4. The molecule has 0 saturated carbocycles. The lowest BCUT2D eigenvalue weighted by molar-refractivity contribution is -0.136. The minimum Gasteiger partial charge on any atom is -0.457 e. The van der Waals surface area contributed by atoms with Gasteiger partial charge in [-0.3, -0.25) is 4.90 Å². The van der Waals surface area contributed by atoms with Gasteiger partial charge in [-0.15, -0.1) is 0 Å². The molecule has 0 aromatic heterocycles. The van der Waals surface area contributed by atoms with E-state index in [9.17, 15) is 22.8 Å². The molecule has 0 radical (unpaired) electrons. The molecule has 4 amide bonds. The molecule has 0 atom stereocenters. The van der Waals surface area contributed by atoms with Crippen LogP contribution in [0.1, 0.15) is 12.0 Å². The maximum atomic E-state index is 13.3. The molecule has 0 bridgehead atoms. The van der Waals surface area contributed by atoms with Crippen molar-refractivity contribution in [3.63, 3.8) is 0 Å². The summed E-state index contributed by atoms with van der Waals surface area (Å²) in [5.74, 6) is 1.22. The van der Waals surface area contributed by atoms with E-state index in [1.54, 1.807) is 36.4 Å². The molecular formula is C30H25Cl2F3N4O3.